The van der Waals surface area contributed by atoms with Gasteiger partial charge >= 0.3 is 0 Å². The average molecular weight is 220 g/mol. The topological polar surface area (TPSA) is 73.8 Å². The van der Waals surface area contributed by atoms with Crippen molar-refractivity contribution in [1.82, 2.24) is 15.0 Å². The zero-order valence-electron chi connectivity index (χ0n) is 9.70. The van der Waals surface area contributed by atoms with E-state index in [-0.39, 0.29) is 0 Å². The Morgan fingerprint density at radius 3 is 2.88 bits per heavy atom. The van der Waals surface area contributed by atoms with E-state index in [1.54, 1.807) is 6.92 Å². The van der Waals surface area contributed by atoms with Crippen LogP contribution in [0, 0.1) is 13.8 Å². The molecule has 2 rings (SSSR count). The summed E-state index contributed by atoms with van der Waals surface area (Å²) in [6, 6.07) is 2.00. The van der Waals surface area contributed by atoms with E-state index < -0.39 is 6.10 Å². The number of aromatic amines is 1. The molecule has 0 spiro atoms. The molecule has 1 atom stereocenters. The first kappa shape index (κ1) is 10.9. The summed E-state index contributed by atoms with van der Waals surface area (Å²) in [5.74, 6) is 1.48. The van der Waals surface area contributed by atoms with Crippen molar-refractivity contribution in [3.63, 3.8) is 0 Å². The summed E-state index contributed by atoms with van der Waals surface area (Å²) in [5.41, 5.74) is 1.88. The Kier molecular flexibility index (Phi) is 2.78. The Morgan fingerprint density at radius 2 is 2.19 bits per heavy atom. The van der Waals surface area contributed by atoms with Crippen molar-refractivity contribution in [2.75, 3.05) is 11.9 Å². The predicted octanol–water partition coefficient (Wildman–Crippen LogP) is 1.37. The molecule has 16 heavy (non-hydrogen) atoms. The molecule has 0 amide bonds. The second kappa shape index (κ2) is 4.09. The maximum Gasteiger partial charge on any atom is 0.143 e. The van der Waals surface area contributed by atoms with Crippen molar-refractivity contribution in [3.8, 4) is 0 Å². The van der Waals surface area contributed by atoms with Crippen molar-refractivity contribution in [1.29, 1.82) is 0 Å². The Balaban J connectivity index is 2.41. The normalized spacial score (nSPS) is 13.0. The minimum Gasteiger partial charge on any atom is -0.392 e. The molecule has 0 bridgehead atoms. The molecule has 5 nitrogen and oxygen atoms in total. The standard InChI is InChI=1S/C11H16N4O/c1-6-4-9-10(12-5-7(2)16)14-8(3)15-11(9)13-6/h4,7,16H,5H2,1-3H3,(H2,12,13,14,15). The van der Waals surface area contributed by atoms with Crippen LogP contribution < -0.4 is 5.32 Å². The first-order chi connectivity index (χ1) is 7.56. The molecular weight excluding hydrogens is 204 g/mol. The molecule has 0 aliphatic heterocycles. The third kappa shape index (κ3) is 2.14. The highest BCUT2D eigenvalue weighted by Crippen LogP contribution is 2.20. The monoisotopic (exact) mass is 220 g/mol. The van der Waals surface area contributed by atoms with Crippen molar-refractivity contribution in [2.24, 2.45) is 0 Å². The number of H-pyrrole nitrogens is 1. The lowest BCUT2D eigenvalue weighted by molar-refractivity contribution is 0.208. The summed E-state index contributed by atoms with van der Waals surface area (Å²) in [6.07, 6.45) is -0.398. The highest BCUT2D eigenvalue weighted by molar-refractivity contribution is 5.87. The molecule has 0 aromatic carbocycles. The van der Waals surface area contributed by atoms with Crippen LogP contribution in [0.4, 0.5) is 5.82 Å². The summed E-state index contributed by atoms with van der Waals surface area (Å²) < 4.78 is 0. The number of nitrogens with one attached hydrogen (secondary N) is 2. The first-order valence-electron chi connectivity index (χ1n) is 5.32. The molecular formula is C11H16N4O. The molecule has 0 saturated heterocycles. The number of anilines is 1. The molecule has 1 unspecified atom stereocenters. The van der Waals surface area contributed by atoms with Crippen LogP contribution in [-0.4, -0.2) is 32.7 Å². The molecule has 5 heteroatoms. The zero-order chi connectivity index (χ0) is 11.7. The van der Waals surface area contributed by atoms with Crippen LogP contribution in [0.3, 0.4) is 0 Å². The highest BCUT2D eigenvalue weighted by Gasteiger charge is 2.08. The fraction of sp³-hybridized carbons (Fsp3) is 0.455. The molecule has 0 aliphatic carbocycles. The smallest absolute Gasteiger partial charge is 0.143 e. The molecule has 0 aliphatic rings. The van der Waals surface area contributed by atoms with E-state index in [1.165, 1.54) is 0 Å². The molecule has 0 saturated carbocycles. The molecule has 3 N–H and O–H groups in total. The predicted molar refractivity (Wildman–Crippen MR) is 63.5 cm³/mol. The van der Waals surface area contributed by atoms with E-state index in [9.17, 15) is 5.11 Å². The van der Waals surface area contributed by atoms with Crippen LogP contribution in [-0.2, 0) is 0 Å². The van der Waals surface area contributed by atoms with Gasteiger partial charge in [0.2, 0.25) is 0 Å². The third-order valence-corrected chi connectivity index (χ3v) is 2.30. The summed E-state index contributed by atoms with van der Waals surface area (Å²) in [5, 5.41) is 13.3. The van der Waals surface area contributed by atoms with E-state index in [4.69, 9.17) is 0 Å². The van der Waals surface area contributed by atoms with Crippen LogP contribution in [0.2, 0.25) is 0 Å². The van der Waals surface area contributed by atoms with E-state index in [0.717, 1.165) is 22.5 Å². The minimum atomic E-state index is -0.398. The summed E-state index contributed by atoms with van der Waals surface area (Å²) in [4.78, 5) is 11.8. The molecule has 0 radical (unpaired) electrons. The second-order valence-corrected chi connectivity index (χ2v) is 4.06. The van der Waals surface area contributed by atoms with Crippen LogP contribution in [0.15, 0.2) is 6.07 Å². The Labute approximate surface area is 93.9 Å². The second-order valence-electron chi connectivity index (χ2n) is 4.06. The van der Waals surface area contributed by atoms with Crippen LogP contribution in [0.1, 0.15) is 18.4 Å². The fourth-order valence-electron chi connectivity index (χ4n) is 1.63. The van der Waals surface area contributed by atoms with Crippen LogP contribution in [0.5, 0.6) is 0 Å². The van der Waals surface area contributed by atoms with Gasteiger partial charge in [-0.05, 0) is 26.8 Å². The number of hydrogen-bond acceptors (Lipinski definition) is 4. The summed E-state index contributed by atoms with van der Waals surface area (Å²) >= 11 is 0. The number of nitrogens with zero attached hydrogens (tertiary/aromatic N) is 2. The SMILES string of the molecule is Cc1nc(NCC(C)O)c2cc(C)[nH]c2n1. The van der Waals surface area contributed by atoms with Gasteiger partial charge in [0.25, 0.3) is 0 Å². The average Bonchev–Trinajstić information content (AvgIpc) is 2.54. The van der Waals surface area contributed by atoms with Gasteiger partial charge in [-0.1, -0.05) is 0 Å². The molecule has 0 fully saturated rings. The van der Waals surface area contributed by atoms with Gasteiger partial charge < -0.3 is 15.4 Å². The molecule has 2 heterocycles. The fourth-order valence-corrected chi connectivity index (χ4v) is 1.63. The van der Waals surface area contributed by atoms with Crippen molar-refractivity contribution in [2.45, 2.75) is 26.9 Å². The lowest BCUT2D eigenvalue weighted by atomic mass is 10.3. The summed E-state index contributed by atoms with van der Waals surface area (Å²) in [7, 11) is 0. The number of aliphatic hydroxyl groups is 1. The lowest BCUT2D eigenvalue weighted by Gasteiger charge is -2.08. The van der Waals surface area contributed by atoms with Gasteiger partial charge in [0.15, 0.2) is 0 Å². The van der Waals surface area contributed by atoms with E-state index in [2.05, 4.69) is 20.3 Å². The molecule has 2 aromatic rings. The molecule has 2 aromatic heterocycles. The Bertz CT molecular complexity index is 504. The minimum absolute atomic E-state index is 0.398. The van der Waals surface area contributed by atoms with Gasteiger partial charge in [-0.15, -0.1) is 0 Å². The Hall–Kier alpha value is -1.62. The number of aromatic nitrogens is 3. The van der Waals surface area contributed by atoms with Gasteiger partial charge in [-0.25, -0.2) is 9.97 Å². The largest absolute Gasteiger partial charge is 0.392 e. The number of fused-ring (bicyclic) bond motifs is 1. The Morgan fingerprint density at radius 1 is 1.44 bits per heavy atom. The van der Waals surface area contributed by atoms with Gasteiger partial charge in [0.05, 0.1) is 11.5 Å². The number of aliphatic hydroxyl groups excluding tert-OH is 1. The van der Waals surface area contributed by atoms with E-state index in [1.807, 2.05) is 19.9 Å². The number of hydrogen-bond donors (Lipinski definition) is 3. The maximum absolute atomic E-state index is 9.25. The van der Waals surface area contributed by atoms with Crippen molar-refractivity contribution in [3.05, 3.63) is 17.6 Å². The third-order valence-electron chi connectivity index (χ3n) is 2.30. The summed E-state index contributed by atoms with van der Waals surface area (Å²) in [6.45, 7) is 6.05. The first-order valence-corrected chi connectivity index (χ1v) is 5.32. The van der Waals surface area contributed by atoms with Gasteiger partial charge in [0, 0.05) is 12.2 Å². The van der Waals surface area contributed by atoms with Gasteiger partial charge in [-0.3, -0.25) is 0 Å². The van der Waals surface area contributed by atoms with Gasteiger partial charge in [0.1, 0.15) is 17.3 Å². The van der Waals surface area contributed by atoms with Crippen molar-refractivity contribution >= 4 is 16.9 Å². The van der Waals surface area contributed by atoms with E-state index in [0.29, 0.717) is 12.4 Å². The van der Waals surface area contributed by atoms with Crippen molar-refractivity contribution < 1.29 is 5.11 Å². The van der Waals surface area contributed by atoms with Crippen LogP contribution in [0.25, 0.3) is 11.0 Å². The lowest BCUT2D eigenvalue weighted by Crippen LogP contribution is -2.16. The number of rotatable bonds is 3. The quantitative estimate of drug-likeness (QED) is 0.730. The molecule has 86 valence electrons. The van der Waals surface area contributed by atoms with E-state index >= 15 is 0 Å². The number of aryl methyl sites for hydroxylation is 2. The highest BCUT2D eigenvalue weighted by atomic mass is 16.3. The van der Waals surface area contributed by atoms with Crippen LogP contribution >= 0.6 is 0 Å². The van der Waals surface area contributed by atoms with Gasteiger partial charge in [-0.2, -0.15) is 0 Å². The maximum atomic E-state index is 9.25. The zero-order valence-corrected chi connectivity index (χ0v) is 9.70.